The minimum absolute atomic E-state index is 0.122. The van der Waals surface area contributed by atoms with E-state index in [1.807, 2.05) is 13.8 Å². The van der Waals surface area contributed by atoms with Crippen molar-refractivity contribution in [3.63, 3.8) is 0 Å². The molecule has 1 heterocycles. The van der Waals surface area contributed by atoms with E-state index in [1.165, 1.54) is 12.1 Å². The molecule has 2 rings (SSSR count). The van der Waals surface area contributed by atoms with E-state index in [0.29, 0.717) is 12.2 Å². The molecule has 1 aromatic carbocycles. The van der Waals surface area contributed by atoms with Crippen molar-refractivity contribution < 1.29 is 9.66 Å². The summed E-state index contributed by atoms with van der Waals surface area (Å²) in [6, 6.07) is 6.05. The highest BCUT2D eigenvalue weighted by molar-refractivity contribution is 6.29. The Hall–Kier alpha value is -2.21. The third-order valence-corrected chi connectivity index (χ3v) is 2.75. The second-order valence-electron chi connectivity index (χ2n) is 4.13. The molecule has 0 atom stereocenters. The monoisotopic (exact) mass is 293 g/mol. The van der Waals surface area contributed by atoms with Crippen molar-refractivity contribution in [3.8, 4) is 11.6 Å². The molecule has 2 aromatic rings. The van der Waals surface area contributed by atoms with E-state index in [1.54, 1.807) is 12.1 Å². The van der Waals surface area contributed by atoms with Crippen molar-refractivity contribution in [1.29, 1.82) is 0 Å². The zero-order valence-corrected chi connectivity index (χ0v) is 11.7. The minimum atomic E-state index is -0.502. The molecule has 7 heteroatoms. The second-order valence-corrected chi connectivity index (χ2v) is 4.52. The lowest BCUT2D eigenvalue weighted by Gasteiger charge is -2.07. The first-order valence-electron chi connectivity index (χ1n) is 5.96. The lowest BCUT2D eigenvalue weighted by atomic mass is 10.2. The van der Waals surface area contributed by atoms with Gasteiger partial charge in [0.25, 0.3) is 0 Å². The highest BCUT2D eigenvalue weighted by Gasteiger charge is 2.16. The van der Waals surface area contributed by atoms with Crippen molar-refractivity contribution >= 4 is 17.3 Å². The van der Waals surface area contributed by atoms with Crippen molar-refractivity contribution in [3.05, 3.63) is 50.9 Å². The summed E-state index contributed by atoms with van der Waals surface area (Å²) in [5.41, 5.74) is 0.727. The van der Waals surface area contributed by atoms with Crippen molar-refractivity contribution in [2.75, 3.05) is 0 Å². The average Bonchev–Trinajstić information content (AvgIpc) is 2.37. The molecule has 0 fully saturated rings. The first-order chi connectivity index (χ1) is 9.49. The van der Waals surface area contributed by atoms with Crippen LogP contribution in [-0.2, 0) is 6.42 Å². The highest BCUT2D eigenvalue weighted by atomic mass is 35.5. The van der Waals surface area contributed by atoms with Crippen LogP contribution in [0, 0.1) is 17.0 Å². The molecule has 0 spiro atoms. The Labute approximate surface area is 120 Å². The lowest BCUT2D eigenvalue weighted by Crippen LogP contribution is -1.99. The maximum atomic E-state index is 11.0. The molecule has 0 bridgehead atoms. The van der Waals surface area contributed by atoms with Gasteiger partial charge in [-0.1, -0.05) is 24.6 Å². The molecular formula is C13H12ClN3O3. The zero-order chi connectivity index (χ0) is 14.7. The molecule has 20 heavy (non-hydrogen) atoms. The largest absolute Gasteiger partial charge is 0.432 e. The maximum absolute atomic E-state index is 11.0. The Kier molecular flexibility index (Phi) is 4.14. The van der Waals surface area contributed by atoms with E-state index in [9.17, 15) is 10.1 Å². The number of nitro benzene ring substituents is 1. The molecule has 0 saturated heterocycles. The maximum Gasteiger partial charge on any atom is 0.311 e. The Morgan fingerprint density at radius 3 is 2.75 bits per heavy atom. The van der Waals surface area contributed by atoms with Gasteiger partial charge in [0.2, 0.25) is 11.6 Å². The number of nitrogens with zero attached hydrogens (tertiary/aromatic N) is 3. The molecule has 0 aliphatic rings. The van der Waals surface area contributed by atoms with Gasteiger partial charge in [-0.25, -0.2) is 4.98 Å². The molecule has 0 radical (unpaired) electrons. The van der Waals surface area contributed by atoms with E-state index in [0.717, 1.165) is 5.56 Å². The second kappa shape index (κ2) is 5.83. The fraction of sp³-hybridized carbons (Fsp3) is 0.231. The first kappa shape index (κ1) is 14.2. The van der Waals surface area contributed by atoms with Gasteiger partial charge in [-0.3, -0.25) is 10.1 Å². The predicted octanol–water partition coefficient (Wildman–Crippen LogP) is 3.70. The first-order valence-corrected chi connectivity index (χ1v) is 6.33. The quantitative estimate of drug-likeness (QED) is 0.488. The predicted molar refractivity (Wildman–Crippen MR) is 74.3 cm³/mol. The molecule has 0 amide bonds. The Morgan fingerprint density at radius 2 is 2.10 bits per heavy atom. The zero-order valence-electron chi connectivity index (χ0n) is 11.0. The van der Waals surface area contributed by atoms with Crippen LogP contribution < -0.4 is 4.74 Å². The molecule has 0 aliphatic carbocycles. The van der Waals surface area contributed by atoms with Crippen molar-refractivity contribution in [2.45, 2.75) is 20.3 Å². The highest BCUT2D eigenvalue weighted by Crippen LogP contribution is 2.31. The fourth-order valence-electron chi connectivity index (χ4n) is 1.62. The van der Waals surface area contributed by atoms with Gasteiger partial charge in [-0.15, -0.1) is 0 Å². The molecule has 104 valence electrons. The van der Waals surface area contributed by atoms with Gasteiger partial charge in [0.15, 0.2) is 0 Å². The van der Waals surface area contributed by atoms with Crippen LogP contribution in [-0.4, -0.2) is 14.9 Å². The Morgan fingerprint density at radius 1 is 1.35 bits per heavy atom. The summed E-state index contributed by atoms with van der Waals surface area (Å²) in [4.78, 5) is 18.6. The number of hydrogen-bond acceptors (Lipinski definition) is 5. The molecule has 0 unspecified atom stereocenters. The van der Waals surface area contributed by atoms with Crippen LogP contribution in [0.2, 0.25) is 5.15 Å². The van der Waals surface area contributed by atoms with E-state index in [2.05, 4.69) is 9.97 Å². The van der Waals surface area contributed by atoms with Gasteiger partial charge in [-0.2, -0.15) is 4.98 Å². The van der Waals surface area contributed by atoms with Crippen LogP contribution in [0.1, 0.15) is 18.3 Å². The third-order valence-electron chi connectivity index (χ3n) is 2.56. The summed E-state index contributed by atoms with van der Waals surface area (Å²) >= 11 is 5.86. The number of hydrogen-bond donors (Lipinski definition) is 0. The third kappa shape index (κ3) is 3.21. The minimum Gasteiger partial charge on any atom is -0.432 e. The number of nitro groups is 1. The van der Waals surface area contributed by atoms with Crippen LogP contribution in [0.5, 0.6) is 11.6 Å². The SMILES string of the molecule is CCc1nc(Cl)cc(Oc2cc(C)ccc2[N+](=O)[O-])n1. The van der Waals surface area contributed by atoms with Crippen molar-refractivity contribution in [2.24, 2.45) is 0 Å². The van der Waals surface area contributed by atoms with Gasteiger partial charge in [-0.05, 0) is 18.6 Å². The van der Waals surface area contributed by atoms with E-state index in [4.69, 9.17) is 16.3 Å². The summed E-state index contributed by atoms with van der Waals surface area (Å²) in [6.45, 7) is 3.70. The number of halogens is 1. The van der Waals surface area contributed by atoms with Gasteiger partial charge < -0.3 is 4.74 Å². The van der Waals surface area contributed by atoms with Gasteiger partial charge >= 0.3 is 5.69 Å². The molecular weight excluding hydrogens is 282 g/mol. The summed E-state index contributed by atoms with van der Waals surface area (Å²) in [5, 5.41) is 11.2. The van der Waals surface area contributed by atoms with Gasteiger partial charge in [0.05, 0.1) is 4.92 Å². The normalized spacial score (nSPS) is 10.3. The van der Waals surface area contributed by atoms with Crippen LogP contribution in [0.3, 0.4) is 0 Å². The van der Waals surface area contributed by atoms with E-state index >= 15 is 0 Å². The standard InChI is InChI=1S/C13H12ClN3O3/c1-3-12-15-11(14)7-13(16-12)20-10-6-8(2)4-5-9(10)17(18)19/h4-7H,3H2,1-2H3. The Balaban J connectivity index is 2.41. The van der Waals surface area contributed by atoms with Crippen LogP contribution in [0.25, 0.3) is 0 Å². The summed E-state index contributed by atoms with van der Waals surface area (Å²) in [6.07, 6.45) is 0.590. The topological polar surface area (TPSA) is 78.2 Å². The Bertz CT molecular complexity index is 661. The summed E-state index contributed by atoms with van der Waals surface area (Å²) < 4.78 is 5.50. The molecule has 0 N–H and O–H groups in total. The number of benzene rings is 1. The molecule has 1 aromatic heterocycles. The number of ether oxygens (including phenoxy) is 1. The summed E-state index contributed by atoms with van der Waals surface area (Å²) in [5.74, 6) is 0.838. The molecule has 0 aliphatic heterocycles. The van der Waals surface area contributed by atoms with E-state index < -0.39 is 4.92 Å². The lowest BCUT2D eigenvalue weighted by molar-refractivity contribution is -0.385. The fourth-order valence-corrected chi connectivity index (χ4v) is 1.81. The summed E-state index contributed by atoms with van der Waals surface area (Å²) in [7, 11) is 0. The van der Waals surface area contributed by atoms with Crippen LogP contribution in [0.15, 0.2) is 24.3 Å². The van der Waals surface area contributed by atoms with Crippen LogP contribution in [0.4, 0.5) is 5.69 Å². The number of aryl methyl sites for hydroxylation is 2. The average molecular weight is 294 g/mol. The molecule has 0 saturated carbocycles. The van der Waals surface area contributed by atoms with Crippen LogP contribution >= 0.6 is 11.6 Å². The van der Waals surface area contributed by atoms with Crippen molar-refractivity contribution in [1.82, 2.24) is 9.97 Å². The number of rotatable bonds is 4. The van der Waals surface area contributed by atoms with E-state index in [-0.39, 0.29) is 22.5 Å². The smallest absolute Gasteiger partial charge is 0.311 e. The van der Waals surface area contributed by atoms with Gasteiger partial charge in [0, 0.05) is 18.6 Å². The van der Waals surface area contributed by atoms with Gasteiger partial charge in [0.1, 0.15) is 11.0 Å². The molecule has 6 nitrogen and oxygen atoms in total. The number of aromatic nitrogens is 2.